The van der Waals surface area contributed by atoms with E-state index in [1.807, 2.05) is 48.5 Å². The van der Waals surface area contributed by atoms with Gasteiger partial charge in [0.05, 0.1) is 5.02 Å². The monoisotopic (exact) mass is 469 g/mol. The standard InChI is InChI=1S/C24H18BrClFNO/c25-21-11-10-18(13-22(21)26)28-14-20-19-7-3-1-5-16(19)9-12-24(20)29-15-17-6-2-4-8-23(17)27/h1-13,28H,14-15H2. The third kappa shape index (κ3) is 4.55. The van der Waals surface area contributed by atoms with Crippen molar-refractivity contribution in [2.75, 3.05) is 5.32 Å². The first-order valence-electron chi connectivity index (χ1n) is 9.17. The number of fused-ring (bicyclic) bond motifs is 1. The Hall–Kier alpha value is -2.56. The zero-order chi connectivity index (χ0) is 20.2. The zero-order valence-electron chi connectivity index (χ0n) is 15.5. The van der Waals surface area contributed by atoms with E-state index in [2.05, 4.69) is 33.4 Å². The highest BCUT2D eigenvalue weighted by molar-refractivity contribution is 9.10. The van der Waals surface area contributed by atoms with E-state index in [0.717, 1.165) is 32.2 Å². The van der Waals surface area contributed by atoms with E-state index in [-0.39, 0.29) is 12.4 Å². The van der Waals surface area contributed by atoms with E-state index < -0.39 is 0 Å². The van der Waals surface area contributed by atoms with E-state index in [9.17, 15) is 4.39 Å². The highest BCUT2D eigenvalue weighted by Crippen LogP contribution is 2.31. The molecule has 0 bridgehead atoms. The molecule has 0 unspecified atom stereocenters. The van der Waals surface area contributed by atoms with Crippen molar-refractivity contribution in [3.8, 4) is 5.75 Å². The Labute approximate surface area is 182 Å². The van der Waals surface area contributed by atoms with E-state index in [4.69, 9.17) is 16.3 Å². The summed E-state index contributed by atoms with van der Waals surface area (Å²) in [7, 11) is 0. The molecule has 1 N–H and O–H groups in total. The SMILES string of the molecule is Fc1ccccc1COc1ccc2ccccc2c1CNc1ccc(Br)c(Cl)c1. The largest absolute Gasteiger partial charge is 0.488 e. The fourth-order valence-corrected chi connectivity index (χ4v) is 3.63. The Kier molecular flexibility index (Phi) is 6.02. The molecule has 0 amide bonds. The summed E-state index contributed by atoms with van der Waals surface area (Å²) in [6.07, 6.45) is 0. The molecule has 0 aliphatic carbocycles. The van der Waals surface area contributed by atoms with Crippen LogP contribution in [0.1, 0.15) is 11.1 Å². The van der Waals surface area contributed by atoms with Gasteiger partial charge in [0, 0.05) is 27.8 Å². The molecule has 4 rings (SSSR count). The summed E-state index contributed by atoms with van der Waals surface area (Å²) >= 11 is 9.61. The second-order valence-corrected chi connectivity index (χ2v) is 7.89. The van der Waals surface area contributed by atoms with Gasteiger partial charge in [0.15, 0.2) is 0 Å². The van der Waals surface area contributed by atoms with E-state index >= 15 is 0 Å². The van der Waals surface area contributed by atoms with Gasteiger partial charge in [-0.3, -0.25) is 0 Å². The lowest BCUT2D eigenvalue weighted by atomic mass is 10.0. The van der Waals surface area contributed by atoms with Crippen LogP contribution in [0.5, 0.6) is 5.75 Å². The number of hydrogen-bond donors (Lipinski definition) is 1. The van der Waals surface area contributed by atoms with Crippen LogP contribution in [0.15, 0.2) is 83.3 Å². The predicted molar refractivity (Wildman–Crippen MR) is 121 cm³/mol. The molecule has 29 heavy (non-hydrogen) atoms. The van der Waals surface area contributed by atoms with Gasteiger partial charge in [-0.2, -0.15) is 0 Å². The molecule has 0 aromatic heterocycles. The molecule has 0 aliphatic rings. The van der Waals surface area contributed by atoms with Crippen molar-refractivity contribution in [3.05, 3.63) is 105 Å². The first-order valence-corrected chi connectivity index (χ1v) is 10.3. The molecule has 0 aliphatic heterocycles. The van der Waals surface area contributed by atoms with E-state index in [1.165, 1.54) is 6.07 Å². The quantitative estimate of drug-likeness (QED) is 0.313. The van der Waals surface area contributed by atoms with Crippen LogP contribution in [0.25, 0.3) is 10.8 Å². The third-order valence-electron chi connectivity index (χ3n) is 4.73. The lowest BCUT2D eigenvalue weighted by Crippen LogP contribution is -2.05. The van der Waals surface area contributed by atoms with Crippen LogP contribution in [0.2, 0.25) is 5.02 Å². The van der Waals surface area contributed by atoms with Gasteiger partial charge < -0.3 is 10.1 Å². The van der Waals surface area contributed by atoms with Crippen LogP contribution in [0.3, 0.4) is 0 Å². The van der Waals surface area contributed by atoms with Crippen molar-refractivity contribution >= 4 is 44.0 Å². The van der Waals surface area contributed by atoms with E-state index in [0.29, 0.717) is 17.1 Å². The fraction of sp³-hybridized carbons (Fsp3) is 0.0833. The van der Waals surface area contributed by atoms with Crippen molar-refractivity contribution in [1.82, 2.24) is 0 Å². The molecular formula is C24H18BrClFNO. The summed E-state index contributed by atoms with van der Waals surface area (Å²) in [6.45, 7) is 0.716. The minimum absolute atomic E-state index is 0.169. The number of anilines is 1. The molecule has 4 aromatic rings. The second kappa shape index (κ2) is 8.85. The molecule has 0 saturated heterocycles. The number of benzene rings is 4. The molecular weight excluding hydrogens is 453 g/mol. The van der Waals surface area contributed by atoms with Gasteiger partial charge in [0.2, 0.25) is 0 Å². The summed E-state index contributed by atoms with van der Waals surface area (Å²) in [5.41, 5.74) is 2.45. The first-order chi connectivity index (χ1) is 14.1. The normalized spacial score (nSPS) is 10.9. The molecule has 5 heteroatoms. The average Bonchev–Trinajstić information content (AvgIpc) is 2.74. The van der Waals surface area contributed by atoms with Gasteiger partial charge in [-0.25, -0.2) is 4.39 Å². The van der Waals surface area contributed by atoms with Crippen LogP contribution in [0.4, 0.5) is 10.1 Å². The Morgan fingerprint density at radius 3 is 2.55 bits per heavy atom. The highest BCUT2D eigenvalue weighted by Gasteiger charge is 2.11. The number of ether oxygens (including phenoxy) is 1. The molecule has 146 valence electrons. The molecule has 2 nitrogen and oxygen atoms in total. The highest BCUT2D eigenvalue weighted by atomic mass is 79.9. The van der Waals surface area contributed by atoms with Gasteiger partial charge in [0.25, 0.3) is 0 Å². The van der Waals surface area contributed by atoms with Gasteiger partial charge in [-0.1, -0.05) is 60.1 Å². The Morgan fingerprint density at radius 2 is 1.72 bits per heavy atom. The van der Waals surface area contributed by atoms with Gasteiger partial charge in [0.1, 0.15) is 18.2 Å². The molecule has 0 fully saturated rings. The molecule has 0 atom stereocenters. The predicted octanol–water partition coefficient (Wildman–Crippen LogP) is 7.59. The van der Waals surface area contributed by atoms with Crippen LogP contribution in [0, 0.1) is 5.82 Å². The van der Waals surface area contributed by atoms with Gasteiger partial charge in [-0.05, 0) is 57.0 Å². The Bertz CT molecular complexity index is 1160. The van der Waals surface area contributed by atoms with Crippen LogP contribution in [-0.2, 0) is 13.2 Å². The average molecular weight is 471 g/mol. The smallest absolute Gasteiger partial charge is 0.129 e. The van der Waals surface area contributed by atoms with Crippen LogP contribution in [-0.4, -0.2) is 0 Å². The van der Waals surface area contributed by atoms with E-state index in [1.54, 1.807) is 12.1 Å². The van der Waals surface area contributed by atoms with Crippen molar-refractivity contribution in [1.29, 1.82) is 0 Å². The number of halogens is 3. The topological polar surface area (TPSA) is 21.3 Å². The van der Waals surface area contributed by atoms with Crippen molar-refractivity contribution in [3.63, 3.8) is 0 Å². The lowest BCUT2D eigenvalue weighted by molar-refractivity contribution is 0.297. The van der Waals surface area contributed by atoms with Crippen LogP contribution < -0.4 is 10.1 Å². The third-order valence-corrected chi connectivity index (χ3v) is 5.96. The summed E-state index contributed by atoms with van der Waals surface area (Å²) in [4.78, 5) is 0. The molecule has 0 heterocycles. The number of rotatable bonds is 6. The number of nitrogens with one attached hydrogen (secondary N) is 1. The van der Waals surface area contributed by atoms with Gasteiger partial charge >= 0.3 is 0 Å². The fourth-order valence-electron chi connectivity index (χ4n) is 3.20. The minimum atomic E-state index is -0.266. The van der Waals surface area contributed by atoms with Gasteiger partial charge in [-0.15, -0.1) is 0 Å². The maximum atomic E-state index is 14.0. The molecule has 0 saturated carbocycles. The molecule has 0 radical (unpaired) electrons. The zero-order valence-corrected chi connectivity index (χ0v) is 17.8. The van der Waals surface area contributed by atoms with Crippen LogP contribution >= 0.6 is 27.5 Å². The Balaban J connectivity index is 1.63. The van der Waals surface area contributed by atoms with Crippen molar-refractivity contribution in [2.24, 2.45) is 0 Å². The lowest BCUT2D eigenvalue weighted by Gasteiger charge is -2.16. The number of hydrogen-bond acceptors (Lipinski definition) is 2. The summed E-state index contributed by atoms with van der Waals surface area (Å²) in [5, 5.41) is 6.27. The summed E-state index contributed by atoms with van der Waals surface area (Å²) in [5.74, 6) is 0.458. The second-order valence-electron chi connectivity index (χ2n) is 6.63. The summed E-state index contributed by atoms with van der Waals surface area (Å²) in [6, 6.07) is 24.5. The Morgan fingerprint density at radius 1 is 0.931 bits per heavy atom. The minimum Gasteiger partial charge on any atom is -0.488 e. The van der Waals surface area contributed by atoms with Crippen molar-refractivity contribution < 1.29 is 9.13 Å². The van der Waals surface area contributed by atoms with Crippen molar-refractivity contribution in [2.45, 2.75) is 13.2 Å². The maximum Gasteiger partial charge on any atom is 0.129 e. The molecule has 4 aromatic carbocycles. The molecule has 0 spiro atoms. The summed E-state index contributed by atoms with van der Waals surface area (Å²) < 4.78 is 20.9. The first kappa shape index (κ1) is 19.7. The maximum absolute atomic E-state index is 14.0.